The normalized spacial score (nSPS) is 22.2. The van der Waals surface area contributed by atoms with Crippen molar-refractivity contribution in [1.82, 2.24) is 14.7 Å². The molecule has 0 bridgehead atoms. The zero-order valence-corrected chi connectivity index (χ0v) is 18.4. The zero-order valence-electron chi connectivity index (χ0n) is 18.4. The zero-order chi connectivity index (χ0) is 21.5. The molecule has 3 aliphatic rings. The number of amides is 2. The summed E-state index contributed by atoms with van der Waals surface area (Å²) in [4.78, 5) is 32.2. The molecule has 1 aliphatic carbocycles. The predicted molar refractivity (Wildman–Crippen MR) is 118 cm³/mol. The van der Waals surface area contributed by atoms with Gasteiger partial charge in [-0.3, -0.25) is 14.5 Å². The fourth-order valence-electron chi connectivity index (χ4n) is 4.63. The second-order valence-corrected chi connectivity index (χ2v) is 8.85. The van der Waals surface area contributed by atoms with Crippen LogP contribution in [-0.4, -0.2) is 91.6 Å². The van der Waals surface area contributed by atoms with Gasteiger partial charge in [0, 0.05) is 45.2 Å². The third kappa shape index (κ3) is 5.98. The first-order valence-electron chi connectivity index (χ1n) is 11.8. The lowest BCUT2D eigenvalue weighted by Gasteiger charge is -2.36. The molecular formula is C24H35N3O4. The van der Waals surface area contributed by atoms with E-state index in [0.29, 0.717) is 24.7 Å². The summed E-state index contributed by atoms with van der Waals surface area (Å²) in [5.74, 6) is 1.19. The number of morpholine rings is 1. The smallest absolute Gasteiger partial charge is 0.260 e. The van der Waals surface area contributed by atoms with E-state index in [9.17, 15) is 9.59 Å². The maximum atomic E-state index is 13.1. The molecule has 7 heteroatoms. The molecule has 0 radical (unpaired) electrons. The number of rotatable bonds is 9. The highest BCUT2D eigenvalue weighted by molar-refractivity contribution is 5.81. The van der Waals surface area contributed by atoms with Crippen molar-refractivity contribution < 1.29 is 19.1 Å². The Bertz CT molecular complexity index is 719. The number of ether oxygens (including phenoxy) is 2. The Kier molecular flexibility index (Phi) is 7.81. The summed E-state index contributed by atoms with van der Waals surface area (Å²) >= 11 is 0. The quantitative estimate of drug-likeness (QED) is 0.601. The number of benzene rings is 1. The largest absolute Gasteiger partial charge is 0.484 e. The summed E-state index contributed by atoms with van der Waals surface area (Å²) in [6.45, 7) is 6.69. The van der Waals surface area contributed by atoms with Crippen LogP contribution >= 0.6 is 0 Å². The summed E-state index contributed by atoms with van der Waals surface area (Å²) < 4.78 is 11.1. The van der Waals surface area contributed by atoms with Gasteiger partial charge in [-0.15, -0.1) is 0 Å². The molecule has 1 saturated carbocycles. The SMILES string of the molecule is O=C(COc1ccccc1)N1CCC(N(CCCN2CCOCC2)C(=O)C2CCC2)C1. The first-order chi connectivity index (χ1) is 15.2. The third-order valence-corrected chi connectivity index (χ3v) is 6.78. The first-order valence-corrected chi connectivity index (χ1v) is 11.8. The topological polar surface area (TPSA) is 62.3 Å². The van der Waals surface area contributed by atoms with E-state index in [1.54, 1.807) is 0 Å². The molecule has 170 valence electrons. The summed E-state index contributed by atoms with van der Waals surface area (Å²) in [7, 11) is 0. The Hall–Kier alpha value is -2.12. The molecule has 2 aliphatic heterocycles. The van der Waals surface area contributed by atoms with Crippen LogP contribution in [0, 0.1) is 5.92 Å². The second-order valence-electron chi connectivity index (χ2n) is 8.85. The summed E-state index contributed by atoms with van der Waals surface area (Å²) in [5, 5.41) is 0. The Morgan fingerprint density at radius 2 is 1.84 bits per heavy atom. The lowest BCUT2D eigenvalue weighted by molar-refractivity contribution is -0.141. The molecule has 1 aromatic carbocycles. The number of likely N-dealkylation sites (tertiary alicyclic amines) is 1. The van der Waals surface area contributed by atoms with Crippen molar-refractivity contribution in [2.24, 2.45) is 5.92 Å². The van der Waals surface area contributed by atoms with Crippen LogP contribution in [0.5, 0.6) is 5.75 Å². The third-order valence-electron chi connectivity index (χ3n) is 6.78. The second kappa shape index (κ2) is 11.0. The highest BCUT2D eigenvalue weighted by Crippen LogP contribution is 2.30. The van der Waals surface area contributed by atoms with Gasteiger partial charge < -0.3 is 19.3 Å². The summed E-state index contributed by atoms with van der Waals surface area (Å²) in [5.41, 5.74) is 0. The molecule has 4 rings (SSSR count). The summed E-state index contributed by atoms with van der Waals surface area (Å²) in [6.07, 6.45) is 5.01. The number of para-hydroxylation sites is 1. The minimum absolute atomic E-state index is 0.00397. The van der Waals surface area contributed by atoms with E-state index in [1.165, 1.54) is 0 Å². The molecule has 1 atom stereocenters. The number of hydrogen-bond acceptors (Lipinski definition) is 5. The predicted octanol–water partition coefficient (Wildman–Crippen LogP) is 2.02. The number of carbonyl (C=O) groups is 2. The average Bonchev–Trinajstić information content (AvgIpc) is 3.25. The Morgan fingerprint density at radius 3 is 2.55 bits per heavy atom. The van der Waals surface area contributed by atoms with Gasteiger partial charge in [0.05, 0.1) is 19.3 Å². The monoisotopic (exact) mass is 429 g/mol. The van der Waals surface area contributed by atoms with E-state index < -0.39 is 0 Å². The molecule has 0 N–H and O–H groups in total. The van der Waals surface area contributed by atoms with Gasteiger partial charge in [0.25, 0.3) is 5.91 Å². The van der Waals surface area contributed by atoms with E-state index >= 15 is 0 Å². The van der Waals surface area contributed by atoms with Gasteiger partial charge in [-0.05, 0) is 37.8 Å². The molecule has 31 heavy (non-hydrogen) atoms. The standard InChI is InChI=1S/C24H35N3O4/c28-23(19-31-22-8-2-1-3-9-22)26-13-10-21(18-26)27(24(29)20-6-4-7-20)12-5-11-25-14-16-30-17-15-25/h1-3,8-9,20-21H,4-7,10-19H2. The van der Waals surface area contributed by atoms with Gasteiger partial charge in [-0.1, -0.05) is 24.6 Å². The fourth-order valence-corrected chi connectivity index (χ4v) is 4.63. The summed E-state index contributed by atoms with van der Waals surface area (Å²) in [6, 6.07) is 9.55. The van der Waals surface area contributed by atoms with Gasteiger partial charge in [-0.2, -0.15) is 0 Å². The van der Waals surface area contributed by atoms with E-state index in [2.05, 4.69) is 9.80 Å². The van der Waals surface area contributed by atoms with Crippen LogP contribution in [-0.2, 0) is 14.3 Å². The van der Waals surface area contributed by atoms with E-state index in [-0.39, 0.29) is 24.5 Å². The van der Waals surface area contributed by atoms with Crippen molar-refractivity contribution >= 4 is 11.8 Å². The highest BCUT2D eigenvalue weighted by atomic mass is 16.5. The molecule has 1 unspecified atom stereocenters. The molecule has 0 spiro atoms. The van der Waals surface area contributed by atoms with Crippen LogP contribution in [0.15, 0.2) is 30.3 Å². The van der Waals surface area contributed by atoms with Crippen LogP contribution < -0.4 is 4.74 Å². The van der Waals surface area contributed by atoms with Gasteiger partial charge in [-0.25, -0.2) is 0 Å². The van der Waals surface area contributed by atoms with Crippen LogP contribution in [0.4, 0.5) is 0 Å². The number of hydrogen-bond donors (Lipinski definition) is 0. The van der Waals surface area contributed by atoms with Crippen LogP contribution in [0.1, 0.15) is 32.1 Å². The first kappa shape index (κ1) is 22.1. The van der Waals surface area contributed by atoms with Crippen molar-refractivity contribution in [3.63, 3.8) is 0 Å². The highest BCUT2D eigenvalue weighted by Gasteiger charge is 2.37. The maximum absolute atomic E-state index is 13.1. The molecule has 7 nitrogen and oxygen atoms in total. The number of nitrogens with zero attached hydrogens (tertiary/aromatic N) is 3. The van der Waals surface area contributed by atoms with Gasteiger partial charge >= 0.3 is 0 Å². The van der Waals surface area contributed by atoms with E-state index in [0.717, 1.165) is 71.5 Å². The molecule has 0 aromatic heterocycles. The minimum atomic E-state index is -0.00397. The van der Waals surface area contributed by atoms with Crippen molar-refractivity contribution in [1.29, 1.82) is 0 Å². The molecule has 2 heterocycles. The average molecular weight is 430 g/mol. The number of carbonyl (C=O) groups excluding carboxylic acids is 2. The fraction of sp³-hybridized carbons (Fsp3) is 0.667. The van der Waals surface area contributed by atoms with Crippen molar-refractivity contribution in [3.8, 4) is 5.75 Å². The molecular weight excluding hydrogens is 394 g/mol. The molecule has 1 aromatic rings. The van der Waals surface area contributed by atoms with Gasteiger partial charge in [0.1, 0.15) is 5.75 Å². The lowest BCUT2D eigenvalue weighted by atomic mass is 9.84. The Labute approximate surface area is 185 Å². The van der Waals surface area contributed by atoms with Gasteiger partial charge in [0.15, 0.2) is 6.61 Å². The minimum Gasteiger partial charge on any atom is -0.484 e. The maximum Gasteiger partial charge on any atom is 0.260 e. The molecule has 3 fully saturated rings. The van der Waals surface area contributed by atoms with Crippen LogP contribution in [0.25, 0.3) is 0 Å². The van der Waals surface area contributed by atoms with E-state index in [4.69, 9.17) is 9.47 Å². The van der Waals surface area contributed by atoms with Gasteiger partial charge in [0.2, 0.25) is 5.91 Å². The van der Waals surface area contributed by atoms with Crippen molar-refractivity contribution in [2.75, 3.05) is 59.1 Å². The Balaban J connectivity index is 1.28. The lowest BCUT2D eigenvalue weighted by Crippen LogP contribution is -2.48. The van der Waals surface area contributed by atoms with E-state index in [1.807, 2.05) is 35.2 Å². The van der Waals surface area contributed by atoms with Crippen molar-refractivity contribution in [2.45, 2.75) is 38.1 Å². The van der Waals surface area contributed by atoms with Crippen LogP contribution in [0.3, 0.4) is 0 Å². The van der Waals surface area contributed by atoms with Crippen molar-refractivity contribution in [3.05, 3.63) is 30.3 Å². The Morgan fingerprint density at radius 1 is 1.06 bits per heavy atom. The molecule has 2 amide bonds. The van der Waals surface area contributed by atoms with Crippen LogP contribution in [0.2, 0.25) is 0 Å². The molecule has 2 saturated heterocycles.